The highest BCUT2D eigenvalue weighted by Gasteiger charge is 2.12. The lowest BCUT2D eigenvalue weighted by atomic mass is 10.4. The maximum Gasteiger partial charge on any atom is 0.256 e. The number of nitrogens with one attached hydrogen (secondary N) is 1. The minimum absolute atomic E-state index is 0.157. The molecular formula is C7H5N3OS. The molecule has 2 aromatic heterocycles. The van der Waals surface area contributed by atoms with Crippen LogP contribution in [0.1, 0.15) is 15.6 Å². The number of nitrogens with zero attached hydrogens (tertiary/aromatic N) is 2. The van der Waals surface area contributed by atoms with Gasteiger partial charge >= 0.3 is 0 Å². The summed E-state index contributed by atoms with van der Waals surface area (Å²) in [4.78, 5) is 21.9. The number of aromatic amines is 1. The number of imidazole rings is 1. The molecule has 2 rings (SSSR count). The molecule has 0 bridgehead atoms. The normalized spacial score (nSPS) is 10.0. The Morgan fingerprint density at radius 3 is 2.92 bits per heavy atom. The second-order valence-electron chi connectivity index (χ2n) is 2.10. The molecule has 0 amide bonds. The van der Waals surface area contributed by atoms with Crippen LogP contribution in [0.3, 0.4) is 0 Å². The van der Waals surface area contributed by atoms with Crippen LogP contribution >= 0.6 is 11.3 Å². The first-order valence-electron chi connectivity index (χ1n) is 3.31. The molecule has 60 valence electrons. The smallest absolute Gasteiger partial charge is 0.256 e. The van der Waals surface area contributed by atoms with E-state index >= 15 is 0 Å². The number of H-pyrrole nitrogens is 1. The molecule has 0 aliphatic rings. The van der Waals surface area contributed by atoms with Crippen molar-refractivity contribution in [3.05, 3.63) is 34.8 Å². The Morgan fingerprint density at radius 2 is 2.33 bits per heavy atom. The SMILES string of the molecule is O=C(c1ncc[nH]1)c1nccs1. The van der Waals surface area contributed by atoms with Crippen LogP contribution in [0.4, 0.5) is 0 Å². The van der Waals surface area contributed by atoms with Crippen LogP contribution in [0.5, 0.6) is 0 Å². The molecule has 4 nitrogen and oxygen atoms in total. The van der Waals surface area contributed by atoms with Crippen LogP contribution in [0.15, 0.2) is 24.0 Å². The lowest BCUT2D eigenvalue weighted by Gasteiger charge is -1.88. The van der Waals surface area contributed by atoms with Gasteiger partial charge in [0.25, 0.3) is 5.78 Å². The van der Waals surface area contributed by atoms with Crippen molar-refractivity contribution < 1.29 is 4.79 Å². The first kappa shape index (κ1) is 7.17. The molecule has 0 saturated heterocycles. The number of thiazole rings is 1. The number of hydrogen-bond donors (Lipinski definition) is 1. The topological polar surface area (TPSA) is 58.6 Å². The zero-order valence-electron chi connectivity index (χ0n) is 6.02. The lowest BCUT2D eigenvalue weighted by Crippen LogP contribution is -2.02. The molecule has 1 N–H and O–H groups in total. The van der Waals surface area contributed by atoms with Gasteiger partial charge in [-0.05, 0) is 0 Å². The fourth-order valence-electron chi connectivity index (χ4n) is 0.826. The third-order valence-corrected chi connectivity index (χ3v) is 2.11. The van der Waals surface area contributed by atoms with E-state index in [0.717, 1.165) is 0 Å². The number of aromatic nitrogens is 3. The maximum absolute atomic E-state index is 11.4. The van der Waals surface area contributed by atoms with Gasteiger partial charge in [0.2, 0.25) is 0 Å². The summed E-state index contributed by atoms with van der Waals surface area (Å²) >= 11 is 1.31. The van der Waals surface area contributed by atoms with Crippen molar-refractivity contribution in [2.45, 2.75) is 0 Å². The monoisotopic (exact) mass is 179 g/mol. The average Bonchev–Trinajstić information content (AvgIpc) is 2.77. The lowest BCUT2D eigenvalue weighted by molar-refractivity contribution is 0.103. The predicted octanol–water partition coefficient (Wildman–Crippen LogP) is 1.10. The zero-order chi connectivity index (χ0) is 8.39. The van der Waals surface area contributed by atoms with Gasteiger partial charge < -0.3 is 4.98 Å². The van der Waals surface area contributed by atoms with Gasteiger partial charge in [-0.2, -0.15) is 0 Å². The molecule has 0 spiro atoms. The Labute approximate surface area is 72.3 Å². The van der Waals surface area contributed by atoms with Crippen LogP contribution in [0, 0.1) is 0 Å². The summed E-state index contributed by atoms with van der Waals surface area (Å²) in [6.07, 6.45) is 4.75. The van der Waals surface area contributed by atoms with E-state index in [1.54, 1.807) is 24.0 Å². The molecule has 12 heavy (non-hydrogen) atoms. The van der Waals surface area contributed by atoms with Crippen molar-refractivity contribution in [1.82, 2.24) is 15.0 Å². The average molecular weight is 179 g/mol. The second kappa shape index (κ2) is 2.86. The molecular weight excluding hydrogens is 174 g/mol. The van der Waals surface area contributed by atoms with E-state index in [1.807, 2.05) is 0 Å². The quantitative estimate of drug-likeness (QED) is 0.702. The fraction of sp³-hybridized carbons (Fsp3) is 0. The van der Waals surface area contributed by atoms with Gasteiger partial charge in [-0.15, -0.1) is 11.3 Å². The molecule has 5 heteroatoms. The maximum atomic E-state index is 11.4. The summed E-state index contributed by atoms with van der Waals surface area (Å²) in [6, 6.07) is 0. The van der Waals surface area contributed by atoms with Crippen LogP contribution in [0.25, 0.3) is 0 Å². The van der Waals surface area contributed by atoms with Crippen LogP contribution in [-0.4, -0.2) is 20.7 Å². The van der Waals surface area contributed by atoms with Crippen molar-refractivity contribution >= 4 is 17.1 Å². The van der Waals surface area contributed by atoms with E-state index in [9.17, 15) is 4.79 Å². The molecule has 2 heterocycles. The molecule has 0 atom stereocenters. The minimum Gasteiger partial charge on any atom is -0.342 e. The summed E-state index contributed by atoms with van der Waals surface area (Å²) in [7, 11) is 0. The molecule has 0 saturated carbocycles. The Kier molecular flexibility index (Phi) is 1.71. The van der Waals surface area contributed by atoms with E-state index in [4.69, 9.17) is 0 Å². The van der Waals surface area contributed by atoms with Crippen molar-refractivity contribution in [1.29, 1.82) is 0 Å². The van der Waals surface area contributed by atoms with E-state index in [1.165, 1.54) is 11.3 Å². The molecule has 0 aliphatic heterocycles. The van der Waals surface area contributed by atoms with Crippen LogP contribution in [0.2, 0.25) is 0 Å². The van der Waals surface area contributed by atoms with Gasteiger partial charge in [-0.3, -0.25) is 4.79 Å². The number of carbonyl (C=O) groups is 1. The van der Waals surface area contributed by atoms with Crippen molar-refractivity contribution in [2.75, 3.05) is 0 Å². The number of hydrogen-bond acceptors (Lipinski definition) is 4. The summed E-state index contributed by atoms with van der Waals surface area (Å²) in [5.74, 6) is 0.181. The number of carbonyl (C=O) groups excluding carboxylic acids is 1. The highest BCUT2D eigenvalue weighted by molar-refractivity contribution is 7.11. The largest absolute Gasteiger partial charge is 0.342 e. The molecule has 0 aliphatic carbocycles. The standard InChI is InChI=1S/C7H5N3OS/c11-5(6-8-1-2-9-6)7-10-3-4-12-7/h1-4H,(H,8,9). The number of ketones is 1. The van der Waals surface area contributed by atoms with Gasteiger partial charge in [0.05, 0.1) is 0 Å². The zero-order valence-corrected chi connectivity index (χ0v) is 6.84. The summed E-state index contributed by atoms with van der Waals surface area (Å²) in [6.45, 7) is 0. The van der Waals surface area contributed by atoms with E-state index in [2.05, 4.69) is 15.0 Å². The van der Waals surface area contributed by atoms with Crippen molar-refractivity contribution in [2.24, 2.45) is 0 Å². The second-order valence-corrected chi connectivity index (χ2v) is 3.00. The number of rotatable bonds is 2. The predicted molar refractivity (Wildman–Crippen MR) is 44.1 cm³/mol. The summed E-state index contributed by atoms with van der Waals surface area (Å²) < 4.78 is 0. The Balaban J connectivity index is 2.34. The summed E-state index contributed by atoms with van der Waals surface area (Å²) in [5.41, 5.74) is 0. The van der Waals surface area contributed by atoms with Gasteiger partial charge in [0.1, 0.15) is 0 Å². The third kappa shape index (κ3) is 1.14. The highest BCUT2D eigenvalue weighted by atomic mass is 32.1. The van der Waals surface area contributed by atoms with Crippen LogP contribution in [-0.2, 0) is 0 Å². The fourth-order valence-corrected chi connectivity index (χ4v) is 1.40. The molecule has 0 unspecified atom stereocenters. The van der Waals surface area contributed by atoms with Gasteiger partial charge in [0.15, 0.2) is 10.8 Å². The Hall–Kier alpha value is -1.49. The van der Waals surface area contributed by atoms with Gasteiger partial charge in [-0.25, -0.2) is 9.97 Å². The van der Waals surface area contributed by atoms with E-state index in [-0.39, 0.29) is 5.78 Å². The first-order chi connectivity index (χ1) is 5.88. The third-order valence-electron chi connectivity index (χ3n) is 1.34. The van der Waals surface area contributed by atoms with Gasteiger partial charge in [0, 0.05) is 24.0 Å². The van der Waals surface area contributed by atoms with Crippen molar-refractivity contribution in [3.8, 4) is 0 Å². The Bertz CT molecular complexity index is 329. The minimum atomic E-state index is -0.157. The molecule has 2 aromatic rings. The van der Waals surface area contributed by atoms with E-state index in [0.29, 0.717) is 10.8 Å². The molecule has 0 radical (unpaired) electrons. The van der Waals surface area contributed by atoms with Crippen molar-refractivity contribution in [3.63, 3.8) is 0 Å². The van der Waals surface area contributed by atoms with E-state index < -0.39 is 0 Å². The highest BCUT2D eigenvalue weighted by Crippen LogP contribution is 2.08. The molecule has 0 aromatic carbocycles. The Morgan fingerprint density at radius 1 is 1.42 bits per heavy atom. The molecule has 0 fully saturated rings. The summed E-state index contributed by atoms with van der Waals surface area (Å²) in [5, 5.41) is 2.22. The van der Waals surface area contributed by atoms with Gasteiger partial charge in [-0.1, -0.05) is 0 Å². The first-order valence-corrected chi connectivity index (χ1v) is 4.19. The van der Waals surface area contributed by atoms with Crippen LogP contribution < -0.4 is 0 Å².